The van der Waals surface area contributed by atoms with Crippen LogP contribution in [-0.2, 0) is 4.74 Å². The summed E-state index contributed by atoms with van der Waals surface area (Å²) in [7, 11) is 0. The van der Waals surface area contributed by atoms with Gasteiger partial charge in [-0.25, -0.2) is 4.79 Å². The summed E-state index contributed by atoms with van der Waals surface area (Å²) in [6.07, 6.45) is 7.22. The van der Waals surface area contributed by atoms with E-state index >= 15 is 0 Å². The van der Waals surface area contributed by atoms with Crippen LogP contribution in [0.25, 0.3) is 0 Å². The Morgan fingerprint density at radius 3 is 2.05 bits per heavy atom. The van der Waals surface area contributed by atoms with Gasteiger partial charge in [-0.1, -0.05) is 0 Å². The molecular weight excluding hydrogens is 252 g/mol. The summed E-state index contributed by atoms with van der Waals surface area (Å²) in [5.41, 5.74) is -0.387. The molecule has 0 radical (unpaired) electrons. The minimum absolute atomic E-state index is 0.0927. The first kappa shape index (κ1) is 14.2. The molecule has 3 aliphatic heterocycles. The molecule has 0 N–H and O–H groups in total. The van der Waals surface area contributed by atoms with Crippen molar-refractivity contribution in [1.82, 2.24) is 9.80 Å². The van der Waals surface area contributed by atoms with Crippen molar-refractivity contribution in [3.8, 4) is 0 Å². The minimum atomic E-state index is -0.387. The number of likely N-dealkylation sites (tertiary alicyclic amines) is 1. The number of rotatable bonds is 1. The van der Waals surface area contributed by atoms with Gasteiger partial charge in [0.2, 0.25) is 0 Å². The molecule has 0 aliphatic carbocycles. The highest BCUT2D eigenvalue weighted by Gasteiger charge is 2.46. The number of nitrogens with zero attached hydrogens (tertiary/aromatic N) is 2. The molecule has 3 saturated heterocycles. The SMILES string of the molecule is CC(C)(C)OC(=O)N1[C@@H]2CC[C@H]1CC(N1CCCC1)C2. The highest BCUT2D eigenvalue weighted by atomic mass is 16.6. The normalized spacial score (nSPS) is 34.5. The Hall–Kier alpha value is -0.770. The van der Waals surface area contributed by atoms with E-state index in [0.29, 0.717) is 18.1 Å². The molecule has 114 valence electrons. The van der Waals surface area contributed by atoms with E-state index in [0.717, 1.165) is 25.7 Å². The molecule has 2 bridgehead atoms. The highest BCUT2D eigenvalue weighted by Crippen LogP contribution is 2.39. The molecule has 0 spiro atoms. The van der Waals surface area contributed by atoms with E-state index in [9.17, 15) is 4.79 Å². The Kier molecular flexibility index (Phi) is 3.69. The predicted molar refractivity (Wildman–Crippen MR) is 78.7 cm³/mol. The maximum absolute atomic E-state index is 12.4. The van der Waals surface area contributed by atoms with Crippen molar-refractivity contribution in [3.63, 3.8) is 0 Å². The number of piperidine rings is 1. The van der Waals surface area contributed by atoms with Crippen molar-refractivity contribution in [2.24, 2.45) is 0 Å². The lowest BCUT2D eigenvalue weighted by atomic mass is 9.96. The molecule has 3 rings (SSSR count). The fourth-order valence-electron chi connectivity index (χ4n) is 4.17. The van der Waals surface area contributed by atoms with Crippen molar-refractivity contribution in [3.05, 3.63) is 0 Å². The van der Waals surface area contributed by atoms with Gasteiger partial charge in [-0.15, -0.1) is 0 Å². The van der Waals surface area contributed by atoms with Crippen molar-refractivity contribution < 1.29 is 9.53 Å². The van der Waals surface area contributed by atoms with Gasteiger partial charge in [0, 0.05) is 18.1 Å². The first-order valence-electron chi connectivity index (χ1n) is 8.19. The standard InChI is InChI=1S/C16H28N2O2/c1-16(2,3)20-15(19)18-12-6-7-13(18)11-14(10-12)17-8-4-5-9-17/h12-14H,4-11H2,1-3H3/t12-,13+,14?. The van der Waals surface area contributed by atoms with Gasteiger partial charge in [-0.2, -0.15) is 0 Å². The molecule has 1 unspecified atom stereocenters. The minimum Gasteiger partial charge on any atom is -0.444 e. The molecule has 0 saturated carbocycles. The lowest BCUT2D eigenvalue weighted by Gasteiger charge is -2.42. The molecule has 4 nitrogen and oxygen atoms in total. The fraction of sp³-hybridized carbons (Fsp3) is 0.938. The molecule has 1 amide bonds. The summed E-state index contributed by atoms with van der Waals surface area (Å²) in [5, 5.41) is 0. The molecule has 20 heavy (non-hydrogen) atoms. The molecule has 4 heteroatoms. The van der Waals surface area contributed by atoms with Crippen LogP contribution in [0.2, 0.25) is 0 Å². The van der Waals surface area contributed by atoms with Crippen LogP contribution < -0.4 is 0 Å². The second-order valence-electron chi connectivity index (χ2n) is 7.64. The zero-order valence-electron chi connectivity index (χ0n) is 13.1. The topological polar surface area (TPSA) is 32.8 Å². The first-order chi connectivity index (χ1) is 9.44. The second-order valence-corrected chi connectivity index (χ2v) is 7.64. The number of ether oxygens (including phenoxy) is 1. The van der Waals surface area contributed by atoms with Crippen LogP contribution in [0.1, 0.15) is 59.3 Å². The zero-order valence-corrected chi connectivity index (χ0v) is 13.1. The van der Waals surface area contributed by atoms with Crippen LogP contribution in [-0.4, -0.2) is 52.7 Å². The highest BCUT2D eigenvalue weighted by molar-refractivity contribution is 5.69. The zero-order chi connectivity index (χ0) is 14.3. The van der Waals surface area contributed by atoms with E-state index in [1.54, 1.807) is 0 Å². The van der Waals surface area contributed by atoms with E-state index in [1.807, 2.05) is 20.8 Å². The lowest BCUT2D eigenvalue weighted by Crippen LogP contribution is -2.53. The van der Waals surface area contributed by atoms with Crippen LogP contribution >= 0.6 is 0 Å². The number of carbonyl (C=O) groups is 1. The van der Waals surface area contributed by atoms with Crippen molar-refractivity contribution in [2.45, 2.75) is 83.0 Å². The van der Waals surface area contributed by atoms with Gasteiger partial charge < -0.3 is 14.5 Å². The Labute approximate surface area is 122 Å². The molecule has 3 heterocycles. The van der Waals surface area contributed by atoms with Crippen LogP contribution in [0.4, 0.5) is 4.79 Å². The van der Waals surface area contributed by atoms with Gasteiger partial charge in [0.1, 0.15) is 5.60 Å². The lowest BCUT2D eigenvalue weighted by molar-refractivity contribution is -0.00233. The van der Waals surface area contributed by atoms with Crippen molar-refractivity contribution >= 4 is 6.09 Å². The quantitative estimate of drug-likeness (QED) is 0.740. The van der Waals surface area contributed by atoms with E-state index in [4.69, 9.17) is 4.74 Å². The molecule has 0 aromatic heterocycles. The summed E-state index contributed by atoms with van der Waals surface area (Å²) < 4.78 is 5.59. The van der Waals surface area contributed by atoms with Crippen LogP contribution in [0.15, 0.2) is 0 Å². The van der Waals surface area contributed by atoms with E-state index in [1.165, 1.54) is 25.9 Å². The third-order valence-electron chi connectivity index (χ3n) is 4.97. The number of hydrogen-bond donors (Lipinski definition) is 0. The Morgan fingerprint density at radius 2 is 1.55 bits per heavy atom. The number of fused-ring (bicyclic) bond motifs is 2. The van der Waals surface area contributed by atoms with Gasteiger partial charge >= 0.3 is 6.09 Å². The summed E-state index contributed by atoms with van der Waals surface area (Å²) in [4.78, 5) is 17.1. The first-order valence-corrected chi connectivity index (χ1v) is 8.19. The van der Waals surface area contributed by atoms with Crippen LogP contribution in [0, 0.1) is 0 Å². The third-order valence-corrected chi connectivity index (χ3v) is 4.97. The van der Waals surface area contributed by atoms with Gasteiger partial charge in [0.05, 0.1) is 0 Å². The van der Waals surface area contributed by atoms with Crippen LogP contribution in [0.3, 0.4) is 0 Å². The third kappa shape index (κ3) is 2.80. The largest absolute Gasteiger partial charge is 0.444 e. The summed E-state index contributed by atoms with van der Waals surface area (Å²) in [6, 6.07) is 1.53. The van der Waals surface area contributed by atoms with Gasteiger partial charge in [-0.3, -0.25) is 0 Å². The van der Waals surface area contributed by atoms with Gasteiger partial charge in [0.25, 0.3) is 0 Å². The van der Waals surface area contributed by atoms with E-state index < -0.39 is 0 Å². The van der Waals surface area contributed by atoms with Gasteiger partial charge in [-0.05, 0) is 72.4 Å². The average Bonchev–Trinajstić information content (AvgIpc) is 2.94. The van der Waals surface area contributed by atoms with E-state index in [2.05, 4.69) is 9.80 Å². The smallest absolute Gasteiger partial charge is 0.410 e. The summed E-state index contributed by atoms with van der Waals surface area (Å²) in [5.74, 6) is 0. The molecule has 3 aliphatic rings. The summed E-state index contributed by atoms with van der Waals surface area (Å²) in [6.45, 7) is 8.37. The van der Waals surface area contributed by atoms with Crippen molar-refractivity contribution in [1.29, 1.82) is 0 Å². The van der Waals surface area contributed by atoms with E-state index in [-0.39, 0.29) is 11.7 Å². The molecule has 0 aromatic carbocycles. The maximum atomic E-state index is 12.4. The predicted octanol–water partition coefficient (Wildman–Crippen LogP) is 3.01. The molecule has 3 fully saturated rings. The summed E-state index contributed by atoms with van der Waals surface area (Å²) >= 11 is 0. The second kappa shape index (κ2) is 5.21. The number of hydrogen-bond acceptors (Lipinski definition) is 3. The molecule has 3 atom stereocenters. The average molecular weight is 280 g/mol. The maximum Gasteiger partial charge on any atom is 0.410 e. The van der Waals surface area contributed by atoms with Crippen LogP contribution in [0.5, 0.6) is 0 Å². The molecular formula is C16H28N2O2. The Bertz CT molecular complexity index is 357. The fourth-order valence-corrected chi connectivity index (χ4v) is 4.17. The number of amides is 1. The Morgan fingerprint density at radius 1 is 1.00 bits per heavy atom. The van der Waals surface area contributed by atoms with Crippen molar-refractivity contribution in [2.75, 3.05) is 13.1 Å². The number of carbonyl (C=O) groups excluding carboxylic acids is 1. The molecule has 0 aromatic rings. The monoisotopic (exact) mass is 280 g/mol. The van der Waals surface area contributed by atoms with Gasteiger partial charge in [0.15, 0.2) is 0 Å². The Balaban J connectivity index is 1.64.